The molecule has 0 heterocycles. The lowest BCUT2D eigenvalue weighted by Crippen LogP contribution is -1.95. The average Bonchev–Trinajstić information content (AvgIpc) is 2.29. The topological polar surface area (TPSA) is 0 Å². The van der Waals surface area contributed by atoms with Crippen LogP contribution in [0.15, 0.2) is 48.5 Å². The maximum Gasteiger partial charge on any atom is 0.0435 e. The van der Waals surface area contributed by atoms with Crippen LogP contribution in [-0.2, 0) is 6.42 Å². The molecule has 0 saturated carbocycles. The predicted molar refractivity (Wildman–Crippen MR) is 78.0 cm³/mol. The first-order valence-corrected chi connectivity index (χ1v) is 6.89. The summed E-state index contributed by atoms with van der Waals surface area (Å²) < 4.78 is 0. The van der Waals surface area contributed by atoms with Gasteiger partial charge in [-0.25, -0.2) is 0 Å². The zero-order chi connectivity index (χ0) is 12.3. The zero-order valence-corrected chi connectivity index (χ0v) is 12.0. The lowest BCUT2D eigenvalue weighted by molar-refractivity contribution is 0.948. The summed E-state index contributed by atoms with van der Waals surface area (Å²) in [5, 5.41) is 0.797. The third kappa shape index (κ3) is 3.58. The van der Waals surface area contributed by atoms with Crippen LogP contribution in [0.25, 0.3) is 0 Å². The van der Waals surface area contributed by atoms with Crippen molar-refractivity contribution in [3.63, 3.8) is 0 Å². The van der Waals surface area contributed by atoms with Crippen molar-refractivity contribution in [1.29, 1.82) is 0 Å². The number of hydrogen-bond donors (Lipinski definition) is 0. The van der Waals surface area contributed by atoms with Crippen LogP contribution in [0, 0.1) is 6.92 Å². The standard InChI is InChI=1S/C15H14BrCl/c1-11-5-7-13(8-6-11)15(16)10-12-3-2-4-14(17)9-12/h2-9,15H,10H2,1H3. The lowest BCUT2D eigenvalue weighted by Gasteiger charge is -2.11. The molecule has 0 saturated heterocycles. The molecule has 0 aliphatic rings. The summed E-state index contributed by atoms with van der Waals surface area (Å²) in [4.78, 5) is 0.335. The van der Waals surface area contributed by atoms with Crippen molar-refractivity contribution in [3.05, 3.63) is 70.2 Å². The third-order valence-electron chi connectivity index (χ3n) is 2.74. The van der Waals surface area contributed by atoms with Crippen LogP contribution in [-0.4, -0.2) is 0 Å². The summed E-state index contributed by atoms with van der Waals surface area (Å²) in [5.74, 6) is 0. The summed E-state index contributed by atoms with van der Waals surface area (Å²) in [6.45, 7) is 2.10. The van der Waals surface area contributed by atoms with Crippen molar-refractivity contribution < 1.29 is 0 Å². The molecule has 2 heteroatoms. The van der Waals surface area contributed by atoms with E-state index in [-0.39, 0.29) is 0 Å². The predicted octanol–water partition coefficient (Wildman–Crippen LogP) is 5.33. The number of aryl methyl sites for hydroxylation is 1. The van der Waals surface area contributed by atoms with E-state index in [1.54, 1.807) is 0 Å². The zero-order valence-electron chi connectivity index (χ0n) is 9.66. The fourth-order valence-electron chi connectivity index (χ4n) is 1.76. The SMILES string of the molecule is Cc1ccc(C(Br)Cc2cccc(Cl)c2)cc1. The van der Waals surface area contributed by atoms with E-state index in [2.05, 4.69) is 53.2 Å². The smallest absolute Gasteiger partial charge is 0.0435 e. The highest BCUT2D eigenvalue weighted by molar-refractivity contribution is 9.09. The molecule has 0 spiro atoms. The maximum absolute atomic E-state index is 5.98. The van der Waals surface area contributed by atoms with E-state index < -0.39 is 0 Å². The van der Waals surface area contributed by atoms with E-state index in [0.29, 0.717) is 4.83 Å². The molecular weight excluding hydrogens is 296 g/mol. The van der Waals surface area contributed by atoms with E-state index in [1.807, 2.05) is 18.2 Å². The molecule has 2 aromatic rings. The number of rotatable bonds is 3. The summed E-state index contributed by atoms with van der Waals surface area (Å²) in [6, 6.07) is 16.6. The fourth-order valence-corrected chi connectivity index (χ4v) is 2.66. The highest BCUT2D eigenvalue weighted by atomic mass is 79.9. The van der Waals surface area contributed by atoms with Crippen LogP contribution in [0.5, 0.6) is 0 Å². The Balaban J connectivity index is 2.11. The molecule has 1 atom stereocenters. The molecule has 88 valence electrons. The maximum atomic E-state index is 5.98. The molecule has 0 amide bonds. The lowest BCUT2D eigenvalue weighted by atomic mass is 10.0. The van der Waals surface area contributed by atoms with Crippen molar-refractivity contribution in [2.75, 3.05) is 0 Å². The normalized spacial score (nSPS) is 12.4. The molecule has 0 aliphatic carbocycles. The largest absolute Gasteiger partial charge is 0.0843 e. The van der Waals surface area contributed by atoms with Crippen molar-refractivity contribution in [2.24, 2.45) is 0 Å². The first kappa shape index (κ1) is 12.7. The molecule has 17 heavy (non-hydrogen) atoms. The van der Waals surface area contributed by atoms with Crippen LogP contribution in [0.3, 0.4) is 0 Å². The van der Waals surface area contributed by atoms with Gasteiger partial charge in [0.05, 0.1) is 0 Å². The van der Waals surface area contributed by atoms with E-state index >= 15 is 0 Å². The molecule has 0 fully saturated rings. The van der Waals surface area contributed by atoms with Gasteiger partial charge in [0, 0.05) is 9.85 Å². The average molecular weight is 310 g/mol. The molecule has 0 nitrogen and oxygen atoms in total. The number of hydrogen-bond acceptors (Lipinski definition) is 0. The number of halogens is 2. The van der Waals surface area contributed by atoms with Gasteiger partial charge in [-0.2, -0.15) is 0 Å². The minimum absolute atomic E-state index is 0.335. The van der Waals surface area contributed by atoms with Crippen molar-refractivity contribution in [3.8, 4) is 0 Å². The van der Waals surface area contributed by atoms with Gasteiger partial charge < -0.3 is 0 Å². The van der Waals surface area contributed by atoms with Crippen molar-refractivity contribution in [2.45, 2.75) is 18.2 Å². The van der Waals surface area contributed by atoms with Gasteiger partial charge in [0.25, 0.3) is 0 Å². The Morgan fingerprint density at radius 2 is 1.82 bits per heavy atom. The van der Waals surface area contributed by atoms with Gasteiger partial charge in [-0.1, -0.05) is 69.5 Å². The van der Waals surface area contributed by atoms with Gasteiger partial charge in [0.15, 0.2) is 0 Å². The Kier molecular flexibility index (Phi) is 4.25. The van der Waals surface area contributed by atoms with Crippen LogP contribution in [0.4, 0.5) is 0 Å². The quantitative estimate of drug-likeness (QED) is 0.672. The first-order valence-electron chi connectivity index (χ1n) is 5.60. The Labute approximate surface area is 116 Å². The van der Waals surface area contributed by atoms with Gasteiger partial charge in [0.2, 0.25) is 0 Å². The van der Waals surface area contributed by atoms with E-state index in [0.717, 1.165) is 11.4 Å². The highest BCUT2D eigenvalue weighted by Gasteiger charge is 2.08. The Bertz CT molecular complexity index is 491. The second-order valence-electron chi connectivity index (χ2n) is 4.21. The minimum atomic E-state index is 0.335. The van der Waals surface area contributed by atoms with E-state index in [4.69, 9.17) is 11.6 Å². The molecule has 0 aliphatic heterocycles. The number of alkyl halides is 1. The highest BCUT2D eigenvalue weighted by Crippen LogP contribution is 2.27. The molecule has 0 N–H and O–H groups in total. The second kappa shape index (κ2) is 5.70. The van der Waals surface area contributed by atoms with Gasteiger partial charge in [0.1, 0.15) is 0 Å². The molecule has 1 unspecified atom stereocenters. The van der Waals surface area contributed by atoms with Gasteiger partial charge in [-0.15, -0.1) is 0 Å². The third-order valence-corrected chi connectivity index (χ3v) is 3.83. The number of benzene rings is 2. The molecule has 2 rings (SSSR count). The summed E-state index contributed by atoms with van der Waals surface area (Å²) >= 11 is 9.71. The van der Waals surface area contributed by atoms with Crippen molar-refractivity contribution >= 4 is 27.5 Å². The molecular formula is C15H14BrCl. The summed E-state index contributed by atoms with van der Waals surface area (Å²) in [7, 11) is 0. The second-order valence-corrected chi connectivity index (χ2v) is 5.75. The monoisotopic (exact) mass is 308 g/mol. The Morgan fingerprint density at radius 3 is 2.47 bits per heavy atom. The molecule has 0 bridgehead atoms. The van der Waals surface area contributed by atoms with E-state index in [9.17, 15) is 0 Å². The minimum Gasteiger partial charge on any atom is -0.0843 e. The van der Waals surface area contributed by atoms with Gasteiger partial charge >= 0.3 is 0 Å². The van der Waals surface area contributed by atoms with Gasteiger partial charge in [-0.05, 0) is 36.6 Å². The fraction of sp³-hybridized carbons (Fsp3) is 0.200. The van der Waals surface area contributed by atoms with Crippen LogP contribution in [0.1, 0.15) is 21.5 Å². The molecule has 0 aromatic heterocycles. The van der Waals surface area contributed by atoms with Crippen LogP contribution >= 0.6 is 27.5 Å². The van der Waals surface area contributed by atoms with Gasteiger partial charge in [-0.3, -0.25) is 0 Å². The van der Waals surface area contributed by atoms with Crippen LogP contribution < -0.4 is 0 Å². The first-order chi connectivity index (χ1) is 8.15. The Hall–Kier alpha value is -0.790. The molecule has 2 aromatic carbocycles. The van der Waals surface area contributed by atoms with Crippen LogP contribution in [0.2, 0.25) is 5.02 Å². The summed E-state index contributed by atoms with van der Waals surface area (Å²) in [5.41, 5.74) is 3.84. The Morgan fingerprint density at radius 1 is 1.12 bits per heavy atom. The summed E-state index contributed by atoms with van der Waals surface area (Å²) in [6.07, 6.45) is 0.948. The molecule has 0 radical (unpaired) electrons. The van der Waals surface area contributed by atoms with Crippen molar-refractivity contribution in [1.82, 2.24) is 0 Å². The van der Waals surface area contributed by atoms with E-state index in [1.165, 1.54) is 16.7 Å².